The van der Waals surface area contributed by atoms with E-state index in [1.54, 1.807) is 18.4 Å². The third kappa shape index (κ3) is 5.85. The monoisotopic (exact) mass is 285 g/mol. The first-order valence-electron chi connectivity index (χ1n) is 6.00. The Morgan fingerprint density at radius 3 is 2.89 bits per heavy atom. The molecule has 0 aliphatic carbocycles. The molecule has 0 amide bonds. The maximum absolute atomic E-state index is 11.1. The van der Waals surface area contributed by atoms with E-state index in [-0.39, 0.29) is 10.8 Å². The topological polar surface area (TPSA) is 75.6 Å². The lowest BCUT2D eigenvalue weighted by molar-refractivity contribution is 0.0696. The van der Waals surface area contributed by atoms with Crippen molar-refractivity contribution in [2.45, 2.75) is 12.2 Å². The highest BCUT2D eigenvalue weighted by atomic mass is 32.2. The van der Waals surface area contributed by atoms with Gasteiger partial charge in [-0.2, -0.15) is 0 Å². The number of benzene rings is 1. The average Bonchev–Trinajstić information content (AvgIpc) is 2.38. The number of hydrogen-bond donors (Lipinski definition) is 2. The molecule has 1 aromatic rings. The second-order valence-electron chi connectivity index (χ2n) is 4.19. The van der Waals surface area contributed by atoms with Crippen molar-refractivity contribution in [1.82, 2.24) is 5.32 Å². The van der Waals surface area contributed by atoms with Gasteiger partial charge in [-0.05, 0) is 25.1 Å². The van der Waals surface area contributed by atoms with Gasteiger partial charge >= 0.3 is 5.97 Å². The highest BCUT2D eigenvalue weighted by Gasteiger charge is 2.05. The molecule has 2 unspecified atom stereocenters. The Morgan fingerprint density at radius 1 is 1.53 bits per heavy atom. The minimum Gasteiger partial charge on any atom is -0.492 e. The predicted octanol–water partition coefficient (Wildman–Crippen LogP) is 1.12. The maximum atomic E-state index is 11.1. The lowest BCUT2D eigenvalue weighted by Crippen LogP contribution is -2.30. The van der Waals surface area contributed by atoms with Crippen LogP contribution in [0.4, 0.5) is 0 Å². The second-order valence-corrected chi connectivity index (χ2v) is 6.00. The van der Waals surface area contributed by atoms with Crippen LogP contribution in [0.25, 0.3) is 0 Å². The van der Waals surface area contributed by atoms with Gasteiger partial charge in [0.15, 0.2) is 0 Å². The molecule has 2 N–H and O–H groups in total. The number of carboxylic acid groups (broad SMARTS) is 1. The van der Waals surface area contributed by atoms with Crippen molar-refractivity contribution in [2.75, 3.05) is 26.0 Å². The number of hydrogen-bond acceptors (Lipinski definition) is 4. The fraction of sp³-hybridized carbons (Fsp3) is 0.462. The van der Waals surface area contributed by atoms with E-state index in [0.717, 1.165) is 0 Å². The number of aromatic carboxylic acids is 1. The molecule has 1 aromatic carbocycles. The van der Waals surface area contributed by atoms with E-state index in [0.29, 0.717) is 25.4 Å². The summed E-state index contributed by atoms with van der Waals surface area (Å²) in [5.41, 5.74) is 0.209. The average molecular weight is 285 g/mol. The lowest BCUT2D eigenvalue weighted by Gasteiger charge is -2.11. The van der Waals surface area contributed by atoms with Crippen LogP contribution in [-0.4, -0.2) is 46.5 Å². The van der Waals surface area contributed by atoms with Gasteiger partial charge < -0.3 is 15.2 Å². The SMILES string of the molecule is CC(CNCCOc1cccc(C(=O)O)c1)S(C)=O. The third-order valence-corrected chi connectivity index (χ3v) is 3.93. The number of rotatable bonds is 8. The fourth-order valence-electron chi connectivity index (χ4n) is 1.38. The zero-order valence-corrected chi connectivity index (χ0v) is 11.9. The van der Waals surface area contributed by atoms with E-state index in [2.05, 4.69) is 5.32 Å². The van der Waals surface area contributed by atoms with Gasteiger partial charge in [-0.3, -0.25) is 4.21 Å². The van der Waals surface area contributed by atoms with Gasteiger partial charge in [-0.25, -0.2) is 4.79 Å². The van der Waals surface area contributed by atoms with E-state index in [1.165, 1.54) is 12.1 Å². The van der Waals surface area contributed by atoms with E-state index in [9.17, 15) is 9.00 Å². The number of carbonyl (C=O) groups is 1. The Morgan fingerprint density at radius 2 is 2.26 bits per heavy atom. The van der Waals surface area contributed by atoms with Crippen molar-refractivity contribution in [2.24, 2.45) is 0 Å². The first-order valence-corrected chi connectivity index (χ1v) is 7.62. The lowest BCUT2D eigenvalue weighted by atomic mass is 10.2. The van der Waals surface area contributed by atoms with Crippen LogP contribution < -0.4 is 10.1 Å². The Hall–Kier alpha value is -1.40. The molecule has 0 aliphatic heterocycles. The molecule has 0 saturated heterocycles. The summed E-state index contributed by atoms with van der Waals surface area (Å²) in [6.07, 6.45) is 1.68. The summed E-state index contributed by atoms with van der Waals surface area (Å²) in [6, 6.07) is 6.38. The first-order chi connectivity index (χ1) is 9.00. The number of carboxylic acids is 1. The van der Waals surface area contributed by atoms with Crippen molar-refractivity contribution < 1.29 is 18.8 Å². The Kier molecular flexibility index (Phi) is 6.52. The molecule has 1 rings (SSSR count). The van der Waals surface area contributed by atoms with Gasteiger partial charge in [0, 0.05) is 35.4 Å². The molecule has 6 heteroatoms. The minimum absolute atomic E-state index is 0.107. The summed E-state index contributed by atoms with van der Waals surface area (Å²) in [6.45, 7) is 3.65. The molecule has 0 radical (unpaired) electrons. The molecule has 0 heterocycles. The van der Waals surface area contributed by atoms with Crippen molar-refractivity contribution in [1.29, 1.82) is 0 Å². The smallest absolute Gasteiger partial charge is 0.335 e. The molecule has 0 saturated carbocycles. The molecular formula is C13H19NO4S. The van der Waals surface area contributed by atoms with E-state index >= 15 is 0 Å². The molecule has 106 valence electrons. The van der Waals surface area contributed by atoms with Crippen molar-refractivity contribution in [3.63, 3.8) is 0 Å². The molecule has 0 aromatic heterocycles. The van der Waals surface area contributed by atoms with Crippen LogP contribution in [0.3, 0.4) is 0 Å². The van der Waals surface area contributed by atoms with Crippen LogP contribution in [0.5, 0.6) is 5.75 Å². The van der Waals surface area contributed by atoms with E-state index < -0.39 is 16.8 Å². The minimum atomic E-state index is -0.970. The largest absolute Gasteiger partial charge is 0.492 e. The summed E-state index contributed by atoms with van der Waals surface area (Å²) in [5.74, 6) is -0.434. The highest BCUT2D eigenvalue weighted by Crippen LogP contribution is 2.12. The maximum Gasteiger partial charge on any atom is 0.335 e. The summed E-state index contributed by atoms with van der Waals surface area (Å²) >= 11 is 0. The molecule has 19 heavy (non-hydrogen) atoms. The molecular weight excluding hydrogens is 266 g/mol. The number of nitrogens with one attached hydrogen (secondary N) is 1. The Balaban J connectivity index is 2.28. The molecule has 2 atom stereocenters. The predicted molar refractivity (Wildman–Crippen MR) is 75.3 cm³/mol. The second kappa shape index (κ2) is 7.91. The molecule has 0 aliphatic rings. The fourth-order valence-corrected chi connectivity index (χ4v) is 1.74. The summed E-state index contributed by atoms with van der Waals surface area (Å²) < 4.78 is 16.6. The van der Waals surface area contributed by atoms with Crippen molar-refractivity contribution in [3.8, 4) is 5.75 Å². The van der Waals surface area contributed by atoms with Crippen molar-refractivity contribution in [3.05, 3.63) is 29.8 Å². The Bertz CT molecular complexity index is 450. The zero-order chi connectivity index (χ0) is 14.3. The van der Waals surface area contributed by atoms with Crippen LogP contribution in [0.2, 0.25) is 0 Å². The zero-order valence-electron chi connectivity index (χ0n) is 11.1. The van der Waals surface area contributed by atoms with Gasteiger partial charge in [0.1, 0.15) is 12.4 Å². The standard InChI is InChI=1S/C13H19NO4S/c1-10(19(2)17)9-14-6-7-18-12-5-3-4-11(8-12)13(15)16/h3-5,8,10,14H,6-7,9H2,1-2H3,(H,15,16). The van der Waals surface area contributed by atoms with Crippen LogP contribution in [-0.2, 0) is 10.8 Å². The van der Waals surface area contributed by atoms with Crippen LogP contribution in [0, 0.1) is 0 Å². The molecule has 0 spiro atoms. The quantitative estimate of drug-likeness (QED) is 0.700. The summed E-state index contributed by atoms with van der Waals surface area (Å²) in [5, 5.41) is 12.1. The molecule has 5 nitrogen and oxygen atoms in total. The van der Waals surface area contributed by atoms with Crippen LogP contribution in [0.1, 0.15) is 17.3 Å². The van der Waals surface area contributed by atoms with E-state index in [4.69, 9.17) is 9.84 Å². The van der Waals surface area contributed by atoms with Gasteiger partial charge in [-0.1, -0.05) is 6.07 Å². The van der Waals surface area contributed by atoms with Gasteiger partial charge in [-0.15, -0.1) is 0 Å². The Labute approximate surface area is 115 Å². The van der Waals surface area contributed by atoms with Gasteiger partial charge in [0.2, 0.25) is 0 Å². The van der Waals surface area contributed by atoms with Crippen molar-refractivity contribution >= 4 is 16.8 Å². The van der Waals surface area contributed by atoms with Crippen LogP contribution >= 0.6 is 0 Å². The third-order valence-electron chi connectivity index (χ3n) is 2.63. The van der Waals surface area contributed by atoms with Gasteiger partial charge in [0.05, 0.1) is 5.56 Å². The number of ether oxygens (including phenoxy) is 1. The molecule has 0 bridgehead atoms. The van der Waals surface area contributed by atoms with Gasteiger partial charge in [0.25, 0.3) is 0 Å². The van der Waals surface area contributed by atoms with Crippen LogP contribution in [0.15, 0.2) is 24.3 Å². The summed E-state index contributed by atoms with van der Waals surface area (Å²) in [4.78, 5) is 10.8. The highest BCUT2D eigenvalue weighted by molar-refractivity contribution is 7.84. The molecule has 0 fully saturated rings. The summed E-state index contributed by atoms with van der Waals surface area (Å²) in [7, 11) is -0.829. The normalized spacial score (nSPS) is 13.8. The first kappa shape index (κ1) is 15.7. The van der Waals surface area contributed by atoms with E-state index in [1.807, 2.05) is 6.92 Å².